The van der Waals surface area contributed by atoms with E-state index in [-0.39, 0.29) is 5.41 Å². The van der Waals surface area contributed by atoms with Crippen LogP contribution in [0.2, 0.25) is 0 Å². The summed E-state index contributed by atoms with van der Waals surface area (Å²) in [6, 6.07) is 72.3. The number of para-hydroxylation sites is 3. The van der Waals surface area contributed by atoms with E-state index in [1.807, 2.05) is 13.8 Å². The number of hydrogen-bond acceptors (Lipinski definition) is 1. The third-order valence-electron chi connectivity index (χ3n) is 15.1. The number of aryl methyl sites for hydroxylation is 2. The van der Waals surface area contributed by atoms with E-state index < -0.39 is 0 Å². The molecular formula is C70H64N2. The molecule has 9 aromatic carbocycles. The van der Waals surface area contributed by atoms with E-state index in [0.29, 0.717) is 0 Å². The quantitative estimate of drug-likeness (QED) is 0.155. The molecule has 2 aliphatic rings. The van der Waals surface area contributed by atoms with Crippen LogP contribution in [0.4, 0.5) is 17.1 Å². The lowest BCUT2D eigenvalue weighted by Crippen LogP contribution is -2.17. The van der Waals surface area contributed by atoms with Crippen molar-refractivity contribution in [2.24, 2.45) is 0 Å². The SMILES string of the molecule is CC.CCC.Cc1cc(-c2cccc3c4cccc5c6ccccc6n(c23)c54)ccc1-c1ccc(N(c2ccc(-c3ccccc3)cc2)c2ccc(-c3cccc4c3C(C)(C)C3=C4CCC=C3)cc2)cc1C. The molecule has 0 unspecified atom stereocenters. The van der Waals surface area contributed by atoms with Crippen molar-refractivity contribution in [1.82, 2.24) is 4.40 Å². The third-order valence-corrected chi connectivity index (χ3v) is 15.1. The van der Waals surface area contributed by atoms with Gasteiger partial charge in [0.1, 0.15) is 0 Å². The standard InChI is InChI=1S/C65H50N2.C3H8.C2H6/c1-41-39-46(53-20-13-23-58-59-24-14-22-57-55-18-9-11-26-61(55)67(63(53)58)64(57)59)31-37-50(41)51-38-36-49(40-42(51)2)66(47-32-27-44(28-33-47)43-15-6-5-7-16-43)48-34-29-45(30-35-48)52-19-12-21-56-54-17-8-10-25-60(54)65(3,4)62(52)56;1-3-2;1-2/h5-7,9-16,18-40H,8,17H2,1-4H3;3H2,1-2H3;1-2H3. The van der Waals surface area contributed by atoms with Gasteiger partial charge < -0.3 is 9.30 Å². The second-order valence-electron chi connectivity index (χ2n) is 20.0. The van der Waals surface area contributed by atoms with Gasteiger partial charge in [-0.1, -0.05) is 212 Å². The van der Waals surface area contributed by atoms with Gasteiger partial charge in [-0.25, -0.2) is 0 Å². The second kappa shape index (κ2) is 19.0. The van der Waals surface area contributed by atoms with Crippen molar-refractivity contribution in [1.29, 1.82) is 0 Å². The molecule has 0 spiro atoms. The number of nitrogens with zero attached hydrogens (tertiary/aromatic N) is 2. The van der Waals surface area contributed by atoms with Gasteiger partial charge in [-0.2, -0.15) is 0 Å². The Morgan fingerprint density at radius 2 is 0.972 bits per heavy atom. The predicted molar refractivity (Wildman–Crippen MR) is 313 cm³/mol. The maximum absolute atomic E-state index is 2.50. The van der Waals surface area contributed by atoms with E-state index in [1.54, 1.807) is 0 Å². The molecule has 0 amide bonds. The fourth-order valence-corrected chi connectivity index (χ4v) is 12.0. The Bertz CT molecular complexity index is 3840. The van der Waals surface area contributed by atoms with Gasteiger partial charge in [-0.3, -0.25) is 0 Å². The maximum atomic E-state index is 2.50. The van der Waals surface area contributed by atoms with Crippen molar-refractivity contribution >= 4 is 60.7 Å². The first-order valence-corrected chi connectivity index (χ1v) is 26.2. The summed E-state index contributed by atoms with van der Waals surface area (Å²) in [5.74, 6) is 0. The molecule has 0 fully saturated rings. The summed E-state index contributed by atoms with van der Waals surface area (Å²) in [7, 11) is 0. The van der Waals surface area contributed by atoms with Crippen LogP contribution in [0, 0.1) is 13.8 Å². The Labute approximate surface area is 426 Å². The van der Waals surface area contributed by atoms with Crippen LogP contribution in [-0.4, -0.2) is 4.40 Å². The largest absolute Gasteiger partial charge is 0.310 e. The minimum atomic E-state index is -0.0411. The van der Waals surface area contributed by atoms with Crippen molar-refractivity contribution in [3.05, 3.63) is 234 Å². The van der Waals surface area contributed by atoms with Crippen molar-refractivity contribution in [3.8, 4) is 44.5 Å². The third kappa shape index (κ3) is 7.64. The number of benzene rings is 9. The molecule has 354 valence electrons. The molecule has 2 heterocycles. The number of rotatable bonds is 7. The summed E-state index contributed by atoms with van der Waals surface area (Å²) in [6.45, 7) is 17.6. The highest BCUT2D eigenvalue weighted by Crippen LogP contribution is 2.53. The first-order valence-electron chi connectivity index (χ1n) is 26.2. The van der Waals surface area contributed by atoms with Gasteiger partial charge >= 0.3 is 0 Å². The van der Waals surface area contributed by atoms with Crippen LogP contribution in [0.25, 0.3) is 88.2 Å². The minimum absolute atomic E-state index is 0.0411. The molecule has 2 nitrogen and oxygen atoms in total. The molecule has 0 saturated heterocycles. The van der Waals surface area contributed by atoms with E-state index in [1.165, 1.54) is 122 Å². The normalized spacial score (nSPS) is 13.5. The number of hydrogen-bond donors (Lipinski definition) is 0. The first-order chi connectivity index (χ1) is 35.2. The summed E-state index contributed by atoms with van der Waals surface area (Å²) in [5.41, 5.74) is 25.6. The number of aromatic nitrogens is 1. The highest BCUT2D eigenvalue weighted by atomic mass is 15.1. The lowest BCUT2D eigenvalue weighted by molar-refractivity contribution is 0.653. The molecule has 2 aromatic heterocycles. The molecule has 0 saturated carbocycles. The van der Waals surface area contributed by atoms with Crippen molar-refractivity contribution in [2.75, 3.05) is 4.90 Å². The molecule has 0 aliphatic heterocycles. The molecular weight excluding hydrogens is 869 g/mol. The van der Waals surface area contributed by atoms with E-state index in [9.17, 15) is 0 Å². The topological polar surface area (TPSA) is 7.65 Å². The van der Waals surface area contributed by atoms with Gasteiger partial charge in [0.2, 0.25) is 0 Å². The van der Waals surface area contributed by atoms with Gasteiger partial charge in [0.15, 0.2) is 0 Å². The Balaban J connectivity index is 0.00000108. The van der Waals surface area contributed by atoms with Gasteiger partial charge in [0.05, 0.1) is 16.6 Å². The molecule has 0 atom stereocenters. The van der Waals surface area contributed by atoms with Gasteiger partial charge in [0, 0.05) is 49.6 Å². The van der Waals surface area contributed by atoms with Crippen LogP contribution in [0.5, 0.6) is 0 Å². The lowest BCUT2D eigenvalue weighted by atomic mass is 9.77. The fourth-order valence-electron chi connectivity index (χ4n) is 12.0. The number of allylic oxidation sites excluding steroid dienone is 4. The second-order valence-corrected chi connectivity index (χ2v) is 20.0. The Morgan fingerprint density at radius 1 is 0.458 bits per heavy atom. The number of fused-ring (bicyclic) bond motifs is 8. The first kappa shape index (κ1) is 46.4. The van der Waals surface area contributed by atoms with Gasteiger partial charge in [-0.15, -0.1) is 0 Å². The molecule has 0 N–H and O–H groups in total. The maximum Gasteiger partial charge on any atom is 0.0620 e. The van der Waals surface area contributed by atoms with E-state index in [2.05, 4.69) is 257 Å². The van der Waals surface area contributed by atoms with Crippen molar-refractivity contribution in [2.45, 2.75) is 80.1 Å². The molecule has 2 aliphatic carbocycles. The molecule has 2 heteroatoms. The molecule has 0 radical (unpaired) electrons. The highest BCUT2D eigenvalue weighted by Gasteiger charge is 2.39. The van der Waals surface area contributed by atoms with Gasteiger partial charge in [0.25, 0.3) is 0 Å². The zero-order chi connectivity index (χ0) is 49.7. The summed E-state index contributed by atoms with van der Waals surface area (Å²) in [5, 5.41) is 5.22. The Morgan fingerprint density at radius 3 is 1.67 bits per heavy atom. The lowest BCUT2D eigenvalue weighted by Gasteiger charge is -2.28. The smallest absolute Gasteiger partial charge is 0.0620 e. The average molecular weight is 933 g/mol. The highest BCUT2D eigenvalue weighted by molar-refractivity contribution is 6.25. The summed E-state index contributed by atoms with van der Waals surface area (Å²) in [4.78, 5) is 2.41. The monoisotopic (exact) mass is 933 g/mol. The van der Waals surface area contributed by atoms with Crippen molar-refractivity contribution in [3.63, 3.8) is 0 Å². The van der Waals surface area contributed by atoms with Crippen molar-refractivity contribution < 1.29 is 0 Å². The predicted octanol–water partition coefficient (Wildman–Crippen LogP) is 20.4. The molecule has 0 bridgehead atoms. The number of anilines is 3. The van der Waals surface area contributed by atoms with Crippen LogP contribution < -0.4 is 4.90 Å². The Kier molecular flexibility index (Phi) is 12.3. The average Bonchev–Trinajstić information content (AvgIpc) is 4.03. The van der Waals surface area contributed by atoms with Crippen LogP contribution >= 0.6 is 0 Å². The van der Waals surface area contributed by atoms with E-state index in [4.69, 9.17) is 0 Å². The Hall–Kier alpha value is -7.94. The van der Waals surface area contributed by atoms with E-state index >= 15 is 0 Å². The zero-order valence-corrected chi connectivity index (χ0v) is 43.1. The molecule has 72 heavy (non-hydrogen) atoms. The summed E-state index contributed by atoms with van der Waals surface area (Å²) < 4.78 is 2.50. The fraction of sp³-hybridized carbons (Fsp3) is 0.171. The summed E-state index contributed by atoms with van der Waals surface area (Å²) in [6.07, 6.45) is 8.21. The van der Waals surface area contributed by atoms with Crippen LogP contribution in [0.15, 0.2) is 212 Å². The van der Waals surface area contributed by atoms with Crippen LogP contribution in [0.1, 0.15) is 83.1 Å². The molecule has 13 rings (SSSR count). The van der Waals surface area contributed by atoms with E-state index in [0.717, 1.165) is 29.9 Å². The zero-order valence-electron chi connectivity index (χ0n) is 43.1. The van der Waals surface area contributed by atoms with Gasteiger partial charge in [-0.05, 0) is 141 Å². The summed E-state index contributed by atoms with van der Waals surface area (Å²) >= 11 is 0. The minimum Gasteiger partial charge on any atom is -0.310 e. The molecule has 11 aromatic rings. The van der Waals surface area contributed by atoms with Crippen LogP contribution in [0.3, 0.4) is 0 Å². The van der Waals surface area contributed by atoms with Crippen LogP contribution in [-0.2, 0) is 5.41 Å².